The van der Waals surface area contributed by atoms with Crippen LogP contribution in [0.4, 0.5) is 0 Å². The SMILES string of the molecule is CCC1CCNC(C(=O)NC(C)(C)CC(C)(C)C)C1. The van der Waals surface area contributed by atoms with Crippen LogP contribution in [0.2, 0.25) is 0 Å². The molecule has 1 fully saturated rings. The molecule has 0 radical (unpaired) electrons. The molecule has 0 aromatic rings. The molecule has 3 heteroatoms. The average molecular weight is 268 g/mol. The number of rotatable bonds is 4. The zero-order valence-electron chi connectivity index (χ0n) is 13.6. The van der Waals surface area contributed by atoms with E-state index in [-0.39, 0.29) is 22.9 Å². The first-order chi connectivity index (χ1) is 8.63. The summed E-state index contributed by atoms with van der Waals surface area (Å²) in [5, 5.41) is 6.58. The number of carbonyl (C=O) groups is 1. The molecule has 112 valence electrons. The van der Waals surface area contributed by atoms with Gasteiger partial charge in [-0.25, -0.2) is 0 Å². The van der Waals surface area contributed by atoms with Crippen molar-refractivity contribution in [2.75, 3.05) is 6.54 Å². The molecule has 0 aromatic carbocycles. The van der Waals surface area contributed by atoms with E-state index < -0.39 is 0 Å². The normalized spacial score (nSPS) is 25.2. The van der Waals surface area contributed by atoms with Crippen LogP contribution in [0, 0.1) is 11.3 Å². The van der Waals surface area contributed by atoms with Crippen LogP contribution in [-0.2, 0) is 4.79 Å². The van der Waals surface area contributed by atoms with Crippen LogP contribution < -0.4 is 10.6 Å². The fourth-order valence-electron chi connectivity index (χ4n) is 3.36. The fraction of sp³-hybridized carbons (Fsp3) is 0.938. The molecule has 3 nitrogen and oxygen atoms in total. The van der Waals surface area contributed by atoms with Crippen LogP contribution in [0.1, 0.15) is 67.2 Å². The number of amides is 1. The van der Waals surface area contributed by atoms with Gasteiger partial charge in [-0.2, -0.15) is 0 Å². The topological polar surface area (TPSA) is 41.1 Å². The van der Waals surface area contributed by atoms with Gasteiger partial charge in [-0.1, -0.05) is 34.1 Å². The molecule has 1 heterocycles. The van der Waals surface area contributed by atoms with Gasteiger partial charge in [0.25, 0.3) is 0 Å². The van der Waals surface area contributed by atoms with Gasteiger partial charge >= 0.3 is 0 Å². The Hall–Kier alpha value is -0.570. The minimum Gasteiger partial charge on any atom is -0.350 e. The van der Waals surface area contributed by atoms with Crippen LogP contribution >= 0.6 is 0 Å². The zero-order valence-corrected chi connectivity index (χ0v) is 13.6. The van der Waals surface area contributed by atoms with Crippen LogP contribution in [0.15, 0.2) is 0 Å². The molecule has 2 N–H and O–H groups in total. The van der Waals surface area contributed by atoms with Gasteiger partial charge in [0.15, 0.2) is 0 Å². The summed E-state index contributed by atoms with van der Waals surface area (Å²) in [4.78, 5) is 12.4. The molecule has 2 unspecified atom stereocenters. The van der Waals surface area contributed by atoms with E-state index in [1.807, 2.05) is 0 Å². The van der Waals surface area contributed by atoms with Crippen molar-refractivity contribution >= 4 is 5.91 Å². The second-order valence-electron chi connectivity index (χ2n) is 7.92. The van der Waals surface area contributed by atoms with E-state index in [1.54, 1.807) is 0 Å². The largest absolute Gasteiger partial charge is 0.350 e. The lowest BCUT2D eigenvalue weighted by molar-refractivity contribution is -0.126. The lowest BCUT2D eigenvalue weighted by Crippen LogP contribution is -2.55. The summed E-state index contributed by atoms with van der Waals surface area (Å²) < 4.78 is 0. The zero-order chi connectivity index (χ0) is 14.7. The first-order valence-corrected chi connectivity index (χ1v) is 7.68. The first kappa shape index (κ1) is 16.5. The molecule has 0 aliphatic carbocycles. The van der Waals surface area contributed by atoms with Crippen LogP contribution in [0.25, 0.3) is 0 Å². The summed E-state index contributed by atoms with van der Waals surface area (Å²) in [5.74, 6) is 0.870. The van der Waals surface area contributed by atoms with Crippen molar-refractivity contribution in [3.8, 4) is 0 Å². The Kier molecular flexibility index (Phi) is 5.43. The maximum atomic E-state index is 12.4. The standard InChI is InChI=1S/C16H32N2O/c1-7-12-8-9-17-13(10-12)14(19)18-16(5,6)11-15(2,3)4/h12-13,17H,7-11H2,1-6H3,(H,18,19). The number of hydrogen-bond donors (Lipinski definition) is 2. The Bertz CT molecular complexity index is 304. The highest BCUT2D eigenvalue weighted by Gasteiger charge is 2.31. The van der Waals surface area contributed by atoms with Crippen molar-refractivity contribution in [2.24, 2.45) is 11.3 Å². The van der Waals surface area contributed by atoms with Crippen molar-refractivity contribution in [3.63, 3.8) is 0 Å². The summed E-state index contributed by atoms with van der Waals surface area (Å²) in [6, 6.07) is -0.00190. The molecular weight excluding hydrogens is 236 g/mol. The van der Waals surface area contributed by atoms with Crippen LogP contribution in [-0.4, -0.2) is 24.0 Å². The van der Waals surface area contributed by atoms with E-state index in [0.717, 1.165) is 19.4 Å². The van der Waals surface area contributed by atoms with E-state index in [2.05, 4.69) is 52.2 Å². The summed E-state index contributed by atoms with van der Waals surface area (Å²) in [6.07, 6.45) is 4.34. The molecule has 0 saturated carbocycles. The van der Waals surface area contributed by atoms with Crippen molar-refractivity contribution in [1.29, 1.82) is 0 Å². The maximum absolute atomic E-state index is 12.4. The number of carbonyl (C=O) groups excluding carboxylic acids is 1. The molecule has 0 aromatic heterocycles. The lowest BCUT2D eigenvalue weighted by Gasteiger charge is -2.36. The predicted octanol–water partition coefficient (Wildman–Crippen LogP) is 3.10. The maximum Gasteiger partial charge on any atom is 0.237 e. The van der Waals surface area contributed by atoms with E-state index in [0.29, 0.717) is 5.92 Å². The summed E-state index contributed by atoms with van der Waals surface area (Å²) >= 11 is 0. The van der Waals surface area contributed by atoms with Gasteiger partial charge in [0.2, 0.25) is 5.91 Å². The molecule has 1 aliphatic rings. The Morgan fingerprint density at radius 2 is 1.89 bits per heavy atom. The average Bonchev–Trinajstić information content (AvgIpc) is 2.25. The summed E-state index contributed by atoms with van der Waals surface area (Å²) in [7, 11) is 0. The Labute approximate surface area is 118 Å². The van der Waals surface area contributed by atoms with Gasteiger partial charge in [0.1, 0.15) is 0 Å². The second-order valence-corrected chi connectivity index (χ2v) is 7.92. The van der Waals surface area contributed by atoms with Crippen LogP contribution in [0.3, 0.4) is 0 Å². The highest BCUT2D eigenvalue weighted by Crippen LogP contribution is 2.27. The van der Waals surface area contributed by atoms with E-state index in [1.165, 1.54) is 12.8 Å². The molecule has 19 heavy (non-hydrogen) atoms. The third-order valence-electron chi connectivity index (χ3n) is 3.84. The molecule has 1 aliphatic heterocycles. The molecule has 1 rings (SSSR count). The van der Waals surface area contributed by atoms with Crippen molar-refractivity contribution in [3.05, 3.63) is 0 Å². The highest BCUT2D eigenvalue weighted by atomic mass is 16.2. The Balaban J connectivity index is 2.54. The van der Waals surface area contributed by atoms with E-state index >= 15 is 0 Å². The molecule has 2 atom stereocenters. The van der Waals surface area contributed by atoms with Crippen molar-refractivity contribution in [2.45, 2.75) is 78.8 Å². The smallest absolute Gasteiger partial charge is 0.237 e. The first-order valence-electron chi connectivity index (χ1n) is 7.68. The monoisotopic (exact) mass is 268 g/mol. The van der Waals surface area contributed by atoms with Crippen molar-refractivity contribution in [1.82, 2.24) is 10.6 Å². The van der Waals surface area contributed by atoms with Gasteiger partial charge in [-0.05, 0) is 51.0 Å². The Morgan fingerprint density at radius 1 is 1.26 bits per heavy atom. The third kappa shape index (κ3) is 5.94. The quantitative estimate of drug-likeness (QED) is 0.822. The minimum atomic E-state index is -0.143. The number of nitrogens with one attached hydrogen (secondary N) is 2. The number of hydrogen-bond acceptors (Lipinski definition) is 2. The molecule has 1 saturated heterocycles. The summed E-state index contributed by atoms with van der Waals surface area (Å²) in [6.45, 7) is 14.1. The number of piperidine rings is 1. The third-order valence-corrected chi connectivity index (χ3v) is 3.84. The van der Waals surface area contributed by atoms with Gasteiger partial charge in [0, 0.05) is 5.54 Å². The molecule has 0 spiro atoms. The molecule has 1 amide bonds. The van der Waals surface area contributed by atoms with E-state index in [4.69, 9.17) is 0 Å². The van der Waals surface area contributed by atoms with Gasteiger partial charge in [-0.15, -0.1) is 0 Å². The molecular formula is C16H32N2O. The summed E-state index contributed by atoms with van der Waals surface area (Å²) in [5.41, 5.74) is 0.0822. The minimum absolute atomic E-state index is 0.00190. The second kappa shape index (κ2) is 6.25. The Morgan fingerprint density at radius 3 is 2.42 bits per heavy atom. The van der Waals surface area contributed by atoms with Crippen LogP contribution in [0.5, 0.6) is 0 Å². The highest BCUT2D eigenvalue weighted by molar-refractivity contribution is 5.82. The molecule has 0 bridgehead atoms. The van der Waals surface area contributed by atoms with Gasteiger partial charge in [-0.3, -0.25) is 4.79 Å². The fourth-order valence-corrected chi connectivity index (χ4v) is 3.36. The van der Waals surface area contributed by atoms with E-state index in [9.17, 15) is 4.79 Å². The van der Waals surface area contributed by atoms with Gasteiger partial charge in [0.05, 0.1) is 6.04 Å². The van der Waals surface area contributed by atoms with Crippen molar-refractivity contribution < 1.29 is 4.79 Å². The van der Waals surface area contributed by atoms with Gasteiger partial charge < -0.3 is 10.6 Å². The predicted molar refractivity (Wildman–Crippen MR) is 81.1 cm³/mol. The lowest BCUT2D eigenvalue weighted by atomic mass is 9.81.